The predicted molar refractivity (Wildman–Crippen MR) is 115 cm³/mol. The summed E-state index contributed by atoms with van der Waals surface area (Å²) >= 11 is 5.73. The van der Waals surface area contributed by atoms with Crippen molar-refractivity contribution in [1.82, 2.24) is 13.9 Å². The van der Waals surface area contributed by atoms with Crippen LogP contribution in [-0.2, 0) is 27.8 Å². The van der Waals surface area contributed by atoms with E-state index in [0.717, 1.165) is 9.82 Å². The number of aryl methyl sites for hydroxylation is 2. The van der Waals surface area contributed by atoms with Crippen molar-refractivity contribution < 1.29 is 17.6 Å². The van der Waals surface area contributed by atoms with Gasteiger partial charge in [-0.2, -0.15) is 0 Å². The topological polar surface area (TPSA) is 84.3 Å². The van der Waals surface area contributed by atoms with Gasteiger partial charge in [0.2, 0.25) is 15.9 Å². The van der Waals surface area contributed by atoms with Crippen LogP contribution in [0.15, 0.2) is 41.3 Å². The fourth-order valence-electron chi connectivity index (χ4n) is 3.11. The number of halogens is 2. The summed E-state index contributed by atoms with van der Waals surface area (Å²) in [4.78, 5) is 17.0. The molecule has 0 fully saturated rings. The van der Waals surface area contributed by atoms with Crippen LogP contribution in [0, 0.1) is 5.82 Å². The first-order valence-electron chi connectivity index (χ1n) is 9.30. The summed E-state index contributed by atoms with van der Waals surface area (Å²) in [5.74, 6) is -0.404. The zero-order valence-corrected chi connectivity index (χ0v) is 18.4. The van der Waals surface area contributed by atoms with Crippen molar-refractivity contribution in [3.8, 4) is 0 Å². The van der Waals surface area contributed by atoms with E-state index in [0.29, 0.717) is 24.3 Å². The Hall–Kier alpha value is -2.49. The predicted octanol–water partition coefficient (Wildman–Crippen LogP) is 3.67. The highest BCUT2D eigenvalue weighted by Crippen LogP contribution is 2.24. The maximum atomic E-state index is 14.0. The van der Waals surface area contributed by atoms with Gasteiger partial charge in [0, 0.05) is 33.5 Å². The summed E-state index contributed by atoms with van der Waals surface area (Å²) < 4.78 is 41.8. The van der Waals surface area contributed by atoms with Gasteiger partial charge in [0.1, 0.15) is 5.82 Å². The fourth-order valence-corrected chi connectivity index (χ4v) is 4.21. The molecule has 30 heavy (non-hydrogen) atoms. The number of amides is 1. The molecule has 1 aromatic heterocycles. The maximum Gasteiger partial charge on any atom is 0.242 e. The van der Waals surface area contributed by atoms with Gasteiger partial charge in [-0.1, -0.05) is 17.7 Å². The van der Waals surface area contributed by atoms with Crippen molar-refractivity contribution >= 4 is 44.3 Å². The molecule has 1 amide bonds. The van der Waals surface area contributed by atoms with E-state index in [4.69, 9.17) is 11.6 Å². The first-order chi connectivity index (χ1) is 14.1. The number of hydrogen-bond acceptors (Lipinski definition) is 4. The van der Waals surface area contributed by atoms with Gasteiger partial charge in [0.05, 0.1) is 26.6 Å². The van der Waals surface area contributed by atoms with Crippen LogP contribution in [0.3, 0.4) is 0 Å². The van der Waals surface area contributed by atoms with E-state index in [1.54, 1.807) is 18.2 Å². The molecule has 0 saturated carbocycles. The Morgan fingerprint density at radius 2 is 2.00 bits per heavy atom. The Bertz CT molecular complexity index is 1210. The minimum Gasteiger partial charge on any atom is -0.328 e. The molecule has 0 atom stereocenters. The molecule has 1 heterocycles. The molecule has 3 aromatic rings. The third kappa shape index (κ3) is 4.33. The summed E-state index contributed by atoms with van der Waals surface area (Å²) in [6, 6.07) is 9.18. The van der Waals surface area contributed by atoms with Crippen molar-refractivity contribution in [1.29, 1.82) is 0 Å². The van der Waals surface area contributed by atoms with E-state index >= 15 is 0 Å². The largest absolute Gasteiger partial charge is 0.328 e. The van der Waals surface area contributed by atoms with E-state index in [2.05, 4.69) is 10.3 Å². The Morgan fingerprint density at radius 1 is 1.27 bits per heavy atom. The quantitative estimate of drug-likeness (QED) is 0.592. The lowest BCUT2D eigenvalue weighted by Crippen LogP contribution is -2.22. The lowest BCUT2D eigenvalue weighted by molar-refractivity contribution is -0.116. The summed E-state index contributed by atoms with van der Waals surface area (Å²) in [6.07, 6.45) is 0.393. The number of imidazole rings is 1. The smallest absolute Gasteiger partial charge is 0.242 e. The lowest BCUT2D eigenvalue weighted by Gasteiger charge is -2.11. The zero-order valence-electron chi connectivity index (χ0n) is 16.8. The second kappa shape index (κ2) is 8.71. The van der Waals surface area contributed by atoms with E-state index in [-0.39, 0.29) is 27.9 Å². The Kier molecular flexibility index (Phi) is 6.44. The first-order valence-corrected chi connectivity index (χ1v) is 11.1. The summed E-state index contributed by atoms with van der Waals surface area (Å²) in [5.41, 5.74) is 1.34. The molecule has 2 aromatic carbocycles. The number of sulfonamides is 1. The highest BCUT2D eigenvalue weighted by Gasteiger charge is 2.20. The van der Waals surface area contributed by atoms with E-state index in [9.17, 15) is 17.6 Å². The number of benzene rings is 2. The van der Waals surface area contributed by atoms with Gasteiger partial charge in [-0.15, -0.1) is 0 Å². The van der Waals surface area contributed by atoms with Gasteiger partial charge in [-0.25, -0.2) is 22.1 Å². The normalized spacial score (nSPS) is 11.9. The average Bonchev–Trinajstić information content (AvgIpc) is 3.06. The molecule has 0 aliphatic carbocycles. The molecular weight excluding hydrogens is 431 g/mol. The molecule has 0 bridgehead atoms. The summed E-state index contributed by atoms with van der Waals surface area (Å²) in [6.45, 7) is 2.55. The van der Waals surface area contributed by atoms with Gasteiger partial charge in [0.25, 0.3) is 0 Å². The molecule has 0 aliphatic rings. The Labute approximate surface area is 179 Å². The van der Waals surface area contributed by atoms with E-state index in [1.165, 1.54) is 32.3 Å². The highest BCUT2D eigenvalue weighted by molar-refractivity contribution is 7.89. The number of aromatic nitrogens is 2. The van der Waals surface area contributed by atoms with Gasteiger partial charge < -0.3 is 9.88 Å². The minimum atomic E-state index is -3.57. The van der Waals surface area contributed by atoms with E-state index in [1.807, 2.05) is 11.5 Å². The number of carbonyl (C=O) groups is 1. The van der Waals surface area contributed by atoms with Crippen LogP contribution < -0.4 is 5.32 Å². The lowest BCUT2D eigenvalue weighted by atomic mass is 10.2. The fraction of sp³-hybridized carbons (Fsp3) is 0.300. The molecule has 7 nitrogen and oxygen atoms in total. The van der Waals surface area contributed by atoms with Crippen molar-refractivity contribution in [3.63, 3.8) is 0 Å². The monoisotopic (exact) mass is 452 g/mol. The Balaban J connectivity index is 1.82. The molecule has 1 N–H and O–H groups in total. The molecule has 0 spiro atoms. The van der Waals surface area contributed by atoms with Gasteiger partial charge in [0.15, 0.2) is 5.82 Å². The highest BCUT2D eigenvalue weighted by atomic mass is 35.5. The number of nitrogens with one attached hydrogen (secondary N) is 1. The zero-order chi connectivity index (χ0) is 22.1. The number of fused-ring (bicyclic) bond motifs is 1. The third-order valence-electron chi connectivity index (χ3n) is 4.69. The second-order valence-corrected chi connectivity index (χ2v) is 9.42. The molecule has 0 saturated heterocycles. The molecule has 10 heteroatoms. The van der Waals surface area contributed by atoms with Crippen LogP contribution >= 0.6 is 11.6 Å². The molecule has 0 aliphatic heterocycles. The molecular formula is C20H22ClFN4O3S. The summed E-state index contributed by atoms with van der Waals surface area (Å²) in [7, 11) is -0.635. The van der Waals surface area contributed by atoms with Crippen molar-refractivity contribution in [2.75, 3.05) is 19.4 Å². The van der Waals surface area contributed by atoms with E-state index < -0.39 is 15.8 Å². The number of hydrogen-bond donors (Lipinski definition) is 1. The molecule has 160 valence electrons. The molecule has 3 rings (SSSR count). The van der Waals surface area contributed by atoms with Gasteiger partial charge >= 0.3 is 0 Å². The second-order valence-electron chi connectivity index (χ2n) is 6.86. The van der Waals surface area contributed by atoms with Crippen LogP contribution in [0.5, 0.6) is 0 Å². The first kappa shape index (κ1) is 22.2. The molecule has 0 unspecified atom stereocenters. The minimum absolute atomic E-state index is 0.0232. The van der Waals surface area contributed by atoms with Gasteiger partial charge in [-0.05, 0) is 37.3 Å². The van der Waals surface area contributed by atoms with Crippen molar-refractivity contribution in [2.24, 2.45) is 0 Å². The van der Waals surface area contributed by atoms with Crippen LogP contribution in [-0.4, -0.2) is 42.3 Å². The number of carbonyl (C=O) groups excluding carboxylic acids is 1. The van der Waals surface area contributed by atoms with Crippen molar-refractivity contribution in [3.05, 3.63) is 53.1 Å². The molecule has 0 radical (unpaired) electrons. The van der Waals surface area contributed by atoms with Crippen LogP contribution in [0.2, 0.25) is 5.02 Å². The number of rotatable bonds is 7. The standard InChI is InChI=1S/C20H22ClFN4O3S/c1-4-26-17-9-8-13(30(28,29)25(2)3)12-16(17)23-18(26)10-11-19(27)24-15-7-5-6-14(21)20(15)22/h5-9,12H,4,10-11H2,1-3H3,(H,24,27). The summed E-state index contributed by atoms with van der Waals surface area (Å²) in [5, 5.41) is 2.45. The van der Waals surface area contributed by atoms with Gasteiger partial charge in [-0.3, -0.25) is 4.79 Å². The van der Waals surface area contributed by atoms with Crippen LogP contribution in [0.1, 0.15) is 19.2 Å². The average molecular weight is 453 g/mol. The Morgan fingerprint density at radius 3 is 2.67 bits per heavy atom. The van der Waals surface area contributed by atoms with Crippen LogP contribution in [0.25, 0.3) is 11.0 Å². The SMILES string of the molecule is CCn1c(CCC(=O)Nc2cccc(Cl)c2F)nc2cc(S(=O)(=O)N(C)C)ccc21. The van der Waals surface area contributed by atoms with Crippen LogP contribution in [0.4, 0.5) is 10.1 Å². The van der Waals surface area contributed by atoms with Crippen molar-refractivity contribution in [2.45, 2.75) is 31.2 Å². The maximum absolute atomic E-state index is 14.0. The number of anilines is 1. The number of nitrogens with zero attached hydrogens (tertiary/aromatic N) is 3. The third-order valence-corrected chi connectivity index (χ3v) is 6.80.